The fraction of sp³-hybridized carbons (Fsp3) is 0.200. The molecule has 6 rings (SSSR count). The molecule has 3 amide bonds. The van der Waals surface area contributed by atoms with Gasteiger partial charge in [-0.3, -0.25) is 23.7 Å². The van der Waals surface area contributed by atoms with E-state index in [1.54, 1.807) is 0 Å². The van der Waals surface area contributed by atoms with E-state index in [9.17, 15) is 45.5 Å². The number of anilines is 2. The quantitative estimate of drug-likeness (QED) is 0.168. The molecule has 3 aromatic carbocycles. The van der Waals surface area contributed by atoms with Crippen LogP contribution in [-0.4, -0.2) is 27.5 Å². The number of rotatable bonds is 5. The van der Waals surface area contributed by atoms with Gasteiger partial charge in [0.1, 0.15) is 11.8 Å². The third-order valence-electron chi connectivity index (χ3n) is 7.62. The van der Waals surface area contributed by atoms with Gasteiger partial charge in [-0.15, -0.1) is 0 Å². The number of carbonyl (C=O) groups excluding carboxylic acids is 3. The molecule has 3 heterocycles. The van der Waals surface area contributed by atoms with Crippen molar-refractivity contribution in [2.24, 2.45) is 5.92 Å². The molecule has 1 aromatic heterocycles. The van der Waals surface area contributed by atoms with Gasteiger partial charge in [-0.05, 0) is 35.9 Å². The molecular formula is C30H17Cl2F6N3O4S2. The van der Waals surface area contributed by atoms with Gasteiger partial charge in [-0.1, -0.05) is 82.7 Å². The lowest BCUT2D eigenvalue weighted by Gasteiger charge is -2.31. The van der Waals surface area contributed by atoms with Crippen LogP contribution >= 0.6 is 46.3 Å². The highest BCUT2D eigenvalue weighted by Gasteiger charge is 2.58. The summed E-state index contributed by atoms with van der Waals surface area (Å²) in [5, 5.41) is 0.861. The van der Waals surface area contributed by atoms with Gasteiger partial charge in [0.05, 0.1) is 43.5 Å². The summed E-state index contributed by atoms with van der Waals surface area (Å²) < 4.78 is 83.4. The van der Waals surface area contributed by atoms with E-state index in [0.717, 1.165) is 41.0 Å². The van der Waals surface area contributed by atoms with E-state index in [4.69, 9.17) is 23.2 Å². The molecule has 0 saturated carbocycles. The Balaban J connectivity index is 1.45. The van der Waals surface area contributed by atoms with Crippen LogP contribution in [-0.2, 0) is 33.3 Å². The number of amides is 3. The number of thiazole rings is 1. The lowest BCUT2D eigenvalue weighted by molar-refractivity contribution is -0.138. The summed E-state index contributed by atoms with van der Waals surface area (Å²) >= 11 is 14.1. The van der Waals surface area contributed by atoms with E-state index in [1.807, 2.05) is 0 Å². The summed E-state index contributed by atoms with van der Waals surface area (Å²) in [6.07, 6.45) is -9.70. The SMILES string of the molecule is O=C(Cn1c2c(sc1=O)C(c1cccc(Cl)c1Cl)C1C(=O)N(c3ccccc3C(F)(F)F)C(=O)C1S2)Nc1ccccc1C(F)(F)F. The maximum absolute atomic E-state index is 14.0. The van der Waals surface area contributed by atoms with Gasteiger partial charge < -0.3 is 5.32 Å². The minimum Gasteiger partial charge on any atom is -0.324 e. The van der Waals surface area contributed by atoms with Gasteiger partial charge in [-0.2, -0.15) is 26.3 Å². The van der Waals surface area contributed by atoms with Crippen molar-refractivity contribution in [3.05, 3.63) is 108 Å². The number of hydrogen-bond donors (Lipinski definition) is 1. The lowest BCUT2D eigenvalue weighted by Crippen LogP contribution is -2.33. The molecule has 1 saturated heterocycles. The van der Waals surface area contributed by atoms with Crippen LogP contribution in [0.5, 0.6) is 0 Å². The molecule has 3 atom stereocenters. The van der Waals surface area contributed by atoms with Crippen molar-refractivity contribution in [2.45, 2.75) is 35.1 Å². The Morgan fingerprint density at radius 3 is 2.15 bits per heavy atom. The molecule has 2 aliphatic heterocycles. The number of fused-ring (bicyclic) bond motifs is 2. The lowest BCUT2D eigenvalue weighted by atomic mass is 9.83. The molecule has 3 unspecified atom stereocenters. The summed E-state index contributed by atoms with van der Waals surface area (Å²) in [4.78, 5) is 54.2. The number of para-hydroxylation sites is 2. The van der Waals surface area contributed by atoms with E-state index in [1.165, 1.54) is 30.3 Å². The van der Waals surface area contributed by atoms with Crippen LogP contribution in [0.3, 0.4) is 0 Å². The number of benzene rings is 3. The first-order valence-corrected chi connectivity index (χ1v) is 15.9. The molecule has 0 bridgehead atoms. The maximum Gasteiger partial charge on any atom is 0.418 e. The highest BCUT2D eigenvalue weighted by Crippen LogP contribution is 2.56. The van der Waals surface area contributed by atoms with Gasteiger partial charge >= 0.3 is 17.2 Å². The Morgan fingerprint density at radius 2 is 1.47 bits per heavy atom. The Hall–Kier alpha value is -3.79. The number of nitrogens with one attached hydrogen (secondary N) is 1. The van der Waals surface area contributed by atoms with Crippen LogP contribution in [0.15, 0.2) is 76.6 Å². The minimum absolute atomic E-state index is 0.0287. The van der Waals surface area contributed by atoms with Gasteiger partial charge in [0.15, 0.2) is 0 Å². The second-order valence-corrected chi connectivity index (χ2v) is 13.3. The predicted octanol–water partition coefficient (Wildman–Crippen LogP) is 7.69. The van der Waals surface area contributed by atoms with Crippen molar-refractivity contribution in [3.8, 4) is 0 Å². The van der Waals surface area contributed by atoms with Crippen LogP contribution in [0, 0.1) is 5.92 Å². The van der Waals surface area contributed by atoms with Gasteiger partial charge in [0.25, 0.3) is 0 Å². The van der Waals surface area contributed by atoms with Crippen LogP contribution in [0.4, 0.5) is 37.7 Å². The molecule has 47 heavy (non-hydrogen) atoms. The number of imide groups is 1. The van der Waals surface area contributed by atoms with Crippen molar-refractivity contribution in [3.63, 3.8) is 0 Å². The fourth-order valence-corrected chi connectivity index (χ4v) is 8.86. The van der Waals surface area contributed by atoms with E-state index in [0.29, 0.717) is 28.0 Å². The molecule has 0 radical (unpaired) electrons. The topological polar surface area (TPSA) is 88.5 Å². The Kier molecular flexibility index (Phi) is 8.47. The minimum atomic E-state index is -4.91. The summed E-state index contributed by atoms with van der Waals surface area (Å²) in [5.41, 5.74) is -3.35. The monoisotopic (exact) mass is 731 g/mol. The number of aromatic nitrogens is 1. The second-order valence-electron chi connectivity index (χ2n) is 10.4. The molecule has 1 N–H and O–H groups in total. The van der Waals surface area contributed by atoms with Crippen molar-refractivity contribution < 1.29 is 40.7 Å². The number of carbonyl (C=O) groups is 3. The summed E-state index contributed by atoms with van der Waals surface area (Å²) in [7, 11) is 0. The molecule has 4 aromatic rings. The second kappa shape index (κ2) is 12.0. The number of hydrogen-bond acceptors (Lipinski definition) is 6. The summed E-state index contributed by atoms with van der Waals surface area (Å²) in [6, 6.07) is 12.8. The van der Waals surface area contributed by atoms with Crippen molar-refractivity contribution >= 4 is 75.4 Å². The van der Waals surface area contributed by atoms with Gasteiger partial charge in [0, 0.05) is 10.8 Å². The standard InChI is InChI=1S/C30H17Cl2F6N3O4S2/c31-16-9-5-6-13(22(16)32)20-21-23(26(44)41(25(21)43)18-11-4-2-8-15(18)30(36,37)38)46-27-24(20)47-28(45)40(27)12-19(42)39-17-10-3-1-7-14(17)29(33,34)35/h1-11,20-21,23H,12H2,(H,39,42). The van der Waals surface area contributed by atoms with Gasteiger partial charge in [0.2, 0.25) is 17.7 Å². The number of thioether (sulfide) groups is 1. The first-order valence-electron chi connectivity index (χ1n) is 13.4. The van der Waals surface area contributed by atoms with Crippen molar-refractivity contribution in [1.29, 1.82) is 0 Å². The number of halogens is 8. The number of alkyl halides is 6. The Morgan fingerprint density at radius 1 is 0.830 bits per heavy atom. The van der Waals surface area contributed by atoms with Crippen LogP contribution in [0.1, 0.15) is 27.5 Å². The van der Waals surface area contributed by atoms with Crippen molar-refractivity contribution in [2.75, 3.05) is 10.2 Å². The average Bonchev–Trinajstić information content (AvgIpc) is 3.44. The Bertz CT molecular complexity index is 2010. The zero-order valence-corrected chi connectivity index (χ0v) is 26.3. The first kappa shape index (κ1) is 33.1. The molecule has 0 spiro atoms. The van der Waals surface area contributed by atoms with Crippen LogP contribution in [0.2, 0.25) is 10.0 Å². The molecule has 2 aliphatic rings. The zero-order valence-electron chi connectivity index (χ0n) is 23.2. The predicted molar refractivity (Wildman–Crippen MR) is 164 cm³/mol. The van der Waals surface area contributed by atoms with Crippen LogP contribution in [0.25, 0.3) is 0 Å². The molecule has 0 aliphatic carbocycles. The van der Waals surface area contributed by atoms with E-state index in [2.05, 4.69) is 5.32 Å². The molecular weight excluding hydrogens is 715 g/mol. The molecule has 244 valence electrons. The normalized spacial score (nSPS) is 19.5. The smallest absolute Gasteiger partial charge is 0.324 e. The Labute approximate surface area is 279 Å². The zero-order chi connectivity index (χ0) is 34.0. The van der Waals surface area contributed by atoms with Crippen molar-refractivity contribution in [1.82, 2.24) is 4.57 Å². The molecule has 7 nitrogen and oxygen atoms in total. The van der Waals surface area contributed by atoms with Crippen LogP contribution < -0.4 is 15.1 Å². The molecule has 1 fully saturated rings. The third kappa shape index (κ3) is 5.83. The van der Waals surface area contributed by atoms with E-state index >= 15 is 0 Å². The summed E-state index contributed by atoms with van der Waals surface area (Å²) in [6.45, 7) is -0.778. The first-order chi connectivity index (χ1) is 22.1. The largest absolute Gasteiger partial charge is 0.418 e. The van der Waals surface area contributed by atoms with E-state index < -0.39 is 81.1 Å². The summed E-state index contributed by atoms with van der Waals surface area (Å²) in [5.74, 6) is -5.46. The van der Waals surface area contributed by atoms with Gasteiger partial charge in [-0.25, -0.2) is 4.90 Å². The average molecular weight is 733 g/mol. The number of nitrogens with zero attached hydrogens (tertiary/aromatic N) is 2. The highest BCUT2D eigenvalue weighted by atomic mass is 35.5. The fourth-order valence-electron chi connectivity index (χ4n) is 5.67. The highest BCUT2D eigenvalue weighted by molar-refractivity contribution is 8.00. The third-order valence-corrected chi connectivity index (χ3v) is 11.1. The molecule has 17 heteroatoms. The maximum atomic E-state index is 14.0. The van der Waals surface area contributed by atoms with E-state index in [-0.39, 0.29) is 25.5 Å².